The molecule has 0 unspecified atom stereocenters. The average Bonchev–Trinajstić information content (AvgIpc) is 3.83. The molecule has 0 fully saturated rings. The third-order valence-corrected chi connectivity index (χ3v) is 10.9. The van der Waals surface area contributed by atoms with Crippen molar-refractivity contribution in [3.63, 3.8) is 0 Å². The van der Waals surface area contributed by atoms with Crippen molar-refractivity contribution in [3.05, 3.63) is 200 Å². The predicted molar refractivity (Wildman–Crippen MR) is 229 cm³/mol. The maximum absolute atomic E-state index is 7.00. The Morgan fingerprint density at radius 2 is 0.855 bits per heavy atom. The zero-order valence-electron chi connectivity index (χ0n) is 29.8. The quantitative estimate of drug-likeness (QED) is 0.173. The number of rotatable bonds is 6. The number of nitrogens with zero attached hydrogens (tertiary/aromatic N) is 1. The van der Waals surface area contributed by atoms with Gasteiger partial charge in [-0.3, -0.25) is 0 Å². The monoisotopic (exact) mass is 703 g/mol. The third kappa shape index (κ3) is 5.13. The zero-order valence-corrected chi connectivity index (χ0v) is 29.8. The van der Waals surface area contributed by atoms with Crippen molar-refractivity contribution < 1.29 is 8.83 Å². The van der Waals surface area contributed by atoms with Gasteiger partial charge in [0.15, 0.2) is 0 Å². The normalized spacial score (nSPS) is 11.6. The number of anilines is 3. The summed E-state index contributed by atoms with van der Waals surface area (Å²) < 4.78 is 13.7. The van der Waals surface area contributed by atoms with Gasteiger partial charge in [-0.2, -0.15) is 0 Å². The molecule has 55 heavy (non-hydrogen) atoms. The van der Waals surface area contributed by atoms with E-state index in [1.54, 1.807) is 0 Å². The number of benzene rings is 9. The highest BCUT2D eigenvalue weighted by atomic mass is 16.3. The fraction of sp³-hybridized carbons (Fsp3) is 0. The second-order valence-corrected chi connectivity index (χ2v) is 14.0. The summed E-state index contributed by atoms with van der Waals surface area (Å²) in [5.74, 6) is 0. The summed E-state index contributed by atoms with van der Waals surface area (Å²) in [6, 6.07) is 70.8. The van der Waals surface area contributed by atoms with Gasteiger partial charge in [-0.25, -0.2) is 0 Å². The molecule has 11 rings (SSSR count). The van der Waals surface area contributed by atoms with Crippen LogP contribution in [0.2, 0.25) is 0 Å². The summed E-state index contributed by atoms with van der Waals surface area (Å²) in [5, 5.41) is 6.57. The van der Waals surface area contributed by atoms with E-state index in [0.717, 1.165) is 99.7 Å². The summed E-state index contributed by atoms with van der Waals surface area (Å²) >= 11 is 0. The first-order valence-electron chi connectivity index (χ1n) is 18.7. The molecule has 0 N–H and O–H groups in total. The van der Waals surface area contributed by atoms with E-state index in [9.17, 15) is 0 Å². The molecule has 3 heteroatoms. The Kier molecular flexibility index (Phi) is 7.17. The molecule has 0 saturated carbocycles. The second kappa shape index (κ2) is 12.6. The van der Waals surface area contributed by atoms with Crippen LogP contribution in [0.4, 0.5) is 17.1 Å². The van der Waals surface area contributed by atoms with Gasteiger partial charge in [-0.15, -0.1) is 0 Å². The van der Waals surface area contributed by atoms with Crippen LogP contribution in [0.3, 0.4) is 0 Å². The molecule has 2 heterocycles. The summed E-state index contributed by atoms with van der Waals surface area (Å²) in [7, 11) is 0. The smallest absolute Gasteiger partial charge is 0.145 e. The lowest BCUT2D eigenvalue weighted by Gasteiger charge is -2.28. The molecule has 3 nitrogen and oxygen atoms in total. The molecule has 9 aromatic carbocycles. The van der Waals surface area contributed by atoms with E-state index < -0.39 is 0 Å². The molecule has 2 aromatic heterocycles. The van der Waals surface area contributed by atoms with E-state index in [0.29, 0.717) is 0 Å². The van der Waals surface area contributed by atoms with Gasteiger partial charge in [0.1, 0.15) is 22.3 Å². The van der Waals surface area contributed by atoms with Crippen LogP contribution in [0.5, 0.6) is 0 Å². The fourth-order valence-corrected chi connectivity index (χ4v) is 8.30. The van der Waals surface area contributed by atoms with Crippen LogP contribution in [0, 0.1) is 0 Å². The SMILES string of the molecule is c1ccc(-c2ccc3c(c2)oc2cccc(N(c4cccc5ccccc45)c4ccc(-c5ccccc5)c5oc6cc(-c7ccccc7)ccc6c45)c23)cc1. The van der Waals surface area contributed by atoms with Gasteiger partial charge in [-0.05, 0) is 87.8 Å². The highest BCUT2D eigenvalue weighted by Gasteiger charge is 2.26. The molecule has 258 valence electrons. The topological polar surface area (TPSA) is 29.5 Å². The van der Waals surface area contributed by atoms with Crippen molar-refractivity contribution in [3.8, 4) is 33.4 Å². The van der Waals surface area contributed by atoms with E-state index in [-0.39, 0.29) is 0 Å². The molecule has 0 aliphatic rings. The molecule has 0 radical (unpaired) electrons. The van der Waals surface area contributed by atoms with Gasteiger partial charge >= 0.3 is 0 Å². The number of hydrogen-bond donors (Lipinski definition) is 0. The van der Waals surface area contributed by atoms with Gasteiger partial charge < -0.3 is 13.7 Å². The molecule has 0 atom stereocenters. The Balaban J connectivity index is 1.23. The Hall–Kier alpha value is -7.36. The van der Waals surface area contributed by atoms with Gasteiger partial charge in [0.2, 0.25) is 0 Å². The first kappa shape index (κ1) is 31.2. The standard InChI is InChI=1S/C52H33NO2/c1-4-14-34(15-5-1)38-26-28-42-48(32-38)54-47-25-13-24-45(50(42)47)53(44-23-12-21-36-20-10-11-22-40(36)44)46-31-30-41(37-18-8-3-9-19-37)52-51(46)43-29-27-39(33-49(43)55-52)35-16-6-2-7-17-35/h1-33H. The Morgan fingerprint density at radius 1 is 0.309 bits per heavy atom. The second-order valence-electron chi connectivity index (χ2n) is 14.0. The minimum Gasteiger partial charge on any atom is -0.456 e. The summed E-state index contributed by atoms with van der Waals surface area (Å²) in [6.07, 6.45) is 0. The largest absolute Gasteiger partial charge is 0.456 e. The molecule has 0 saturated heterocycles. The molecule has 0 spiro atoms. The summed E-state index contributed by atoms with van der Waals surface area (Å²) in [5.41, 5.74) is 13.2. The molecular weight excluding hydrogens is 671 g/mol. The number of fused-ring (bicyclic) bond motifs is 7. The van der Waals surface area contributed by atoms with Gasteiger partial charge in [0, 0.05) is 21.7 Å². The van der Waals surface area contributed by atoms with Crippen molar-refractivity contribution in [1.29, 1.82) is 0 Å². The third-order valence-electron chi connectivity index (χ3n) is 10.9. The lowest BCUT2D eigenvalue weighted by Crippen LogP contribution is -2.11. The highest BCUT2D eigenvalue weighted by Crippen LogP contribution is 2.50. The van der Waals surface area contributed by atoms with E-state index >= 15 is 0 Å². The van der Waals surface area contributed by atoms with Crippen LogP contribution in [0.1, 0.15) is 0 Å². The maximum Gasteiger partial charge on any atom is 0.145 e. The molecule has 0 amide bonds. The van der Waals surface area contributed by atoms with Crippen molar-refractivity contribution in [1.82, 2.24) is 0 Å². The van der Waals surface area contributed by atoms with E-state index in [4.69, 9.17) is 8.83 Å². The molecule has 0 aliphatic carbocycles. The summed E-state index contributed by atoms with van der Waals surface area (Å²) in [6.45, 7) is 0. The van der Waals surface area contributed by atoms with Crippen LogP contribution in [-0.2, 0) is 0 Å². The van der Waals surface area contributed by atoms with E-state index in [1.807, 2.05) is 6.07 Å². The van der Waals surface area contributed by atoms with Crippen LogP contribution in [0.15, 0.2) is 209 Å². The fourth-order valence-electron chi connectivity index (χ4n) is 8.30. The van der Waals surface area contributed by atoms with Gasteiger partial charge in [-0.1, -0.05) is 146 Å². The van der Waals surface area contributed by atoms with Crippen LogP contribution in [0.25, 0.3) is 88.0 Å². The van der Waals surface area contributed by atoms with Gasteiger partial charge in [0.25, 0.3) is 0 Å². The van der Waals surface area contributed by atoms with E-state index in [1.165, 1.54) is 5.39 Å². The summed E-state index contributed by atoms with van der Waals surface area (Å²) in [4.78, 5) is 2.42. The van der Waals surface area contributed by atoms with Crippen LogP contribution >= 0.6 is 0 Å². The Morgan fingerprint density at radius 3 is 1.56 bits per heavy atom. The van der Waals surface area contributed by atoms with Crippen molar-refractivity contribution in [2.45, 2.75) is 0 Å². The predicted octanol–water partition coefficient (Wildman–Crippen LogP) is 15.1. The van der Waals surface area contributed by atoms with Crippen LogP contribution < -0.4 is 4.90 Å². The van der Waals surface area contributed by atoms with Crippen molar-refractivity contribution in [2.24, 2.45) is 0 Å². The minimum absolute atomic E-state index is 0.838. The van der Waals surface area contributed by atoms with E-state index in [2.05, 4.69) is 199 Å². The lowest BCUT2D eigenvalue weighted by molar-refractivity contribution is 0.669. The number of hydrogen-bond acceptors (Lipinski definition) is 3. The Bertz CT molecular complexity index is 3190. The average molecular weight is 704 g/mol. The minimum atomic E-state index is 0.838. The molecular formula is C52H33NO2. The van der Waals surface area contributed by atoms with Crippen molar-refractivity contribution >= 4 is 71.7 Å². The molecule has 11 aromatic rings. The first-order valence-corrected chi connectivity index (χ1v) is 18.7. The zero-order chi connectivity index (χ0) is 36.3. The van der Waals surface area contributed by atoms with Crippen molar-refractivity contribution in [2.75, 3.05) is 4.90 Å². The lowest BCUT2D eigenvalue weighted by atomic mass is 9.97. The maximum atomic E-state index is 7.00. The van der Waals surface area contributed by atoms with Gasteiger partial charge in [0.05, 0.1) is 27.8 Å². The molecule has 0 bridgehead atoms. The Labute approximate surface area is 317 Å². The highest BCUT2D eigenvalue weighted by molar-refractivity contribution is 6.21. The number of furan rings is 2. The first-order chi connectivity index (χ1) is 27.3. The molecule has 0 aliphatic heterocycles. The van der Waals surface area contributed by atoms with Crippen LogP contribution in [-0.4, -0.2) is 0 Å².